The number of carboxylic acid groups (broad SMARTS) is 1. The third-order valence-electron chi connectivity index (χ3n) is 2.63. The number of carboxylic acids is 1. The lowest BCUT2D eigenvalue weighted by Crippen LogP contribution is -2.20. The first-order chi connectivity index (χ1) is 9.06. The van der Waals surface area contributed by atoms with Gasteiger partial charge in [0.1, 0.15) is 5.75 Å². The molecule has 5 heteroatoms. The second-order valence-corrected chi connectivity index (χ2v) is 4.93. The van der Waals surface area contributed by atoms with Crippen LogP contribution in [0.15, 0.2) is 53.0 Å². The minimum Gasteiger partial charge on any atom is -0.508 e. The lowest BCUT2D eigenvalue weighted by atomic mass is 10.1. The van der Waals surface area contributed by atoms with Gasteiger partial charge in [0.05, 0.1) is 0 Å². The fourth-order valence-electron chi connectivity index (χ4n) is 1.67. The lowest BCUT2D eigenvalue weighted by molar-refractivity contribution is -0.138. The number of phenols is 1. The Labute approximate surface area is 118 Å². The van der Waals surface area contributed by atoms with Gasteiger partial charge in [0, 0.05) is 10.2 Å². The summed E-state index contributed by atoms with van der Waals surface area (Å²) in [5, 5.41) is 21.4. The summed E-state index contributed by atoms with van der Waals surface area (Å²) in [5.41, 5.74) is 1.29. The predicted molar refractivity (Wildman–Crippen MR) is 76.2 cm³/mol. The van der Waals surface area contributed by atoms with Gasteiger partial charge >= 0.3 is 5.97 Å². The Morgan fingerprint density at radius 1 is 1.05 bits per heavy atom. The number of anilines is 1. The Hall–Kier alpha value is -2.01. The number of benzene rings is 2. The summed E-state index contributed by atoms with van der Waals surface area (Å²) in [5.74, 6) is -0.870. The van der Waals surface area contributed by atoms with E-state index in [4.69, 9.17) is 0 Å². The van der Waals surface area contributed by atoms with Crippen LogP contribution in [-0.2, 0) is 4.79 Å². The molecule has 0 aliphatic carbocycles. The zero-order chi connectivity index (χ0) is 13.8. The molecule has 0 aliphatic rings. The van der Waals surface area contributed by atoms with Gasteiger partial charge in [-0.1, -0.05) is 28.1 Å². The van der Waals surface area contributed by atoms with Gasteiger partial charge in [-0.2, -0.15) is 0 Å². The van der Waals surface area contributed by atoms with Gasteiger partial charge in [-0.15, -0.1) is 0 Å². The first-order valence-electron chi connectivity index (χ1n) is 5.60. The Morgan fingerprint density at radius 3 is 2.16 bits per heavy atom. The Kier molecular flexibility index (Phi) is 4.06. The lowest BCUT2D eigenvalue weighted by Gasteiger charge is -2.16. The van der Waals surface area contributed by atoms with Crippen LogP contribution in [0.4, 0.5) is 5.69 Å². The Balaban J connectivity index is 2.23. The highest BCUT2D eigenvalue weighted by molar-refractivity contribution is 9.10. The molecular weight excluding hydrogens is 310 g/mol. The van der Waals surface area contributed by atoms with Crippen molar-refractivity contribution in [3.8, 4) is 5.75 Å². The quantitative estimate of drug-likeness (QED) is 0.807. The molecule has 0 aromatic heterocycles. The highest BCUT2D eigenvalue weighted by Gasteiger charge is 2.19. The normalized spacial score (nSPS) is 11.8. The second kappa shape index (κ2) is 5.75. The minimum absolute atomic E-state index is 0.108. The average molecular weight is 322 g/mol. The summed E-state index contributed by atoms with van der Waals surface area (Å²) in [6.07, 6.45) is 0. The van der Waals surface area contributed by atoms with Gasteiger partial charge in [-0.25, -0.2) is 4.79 Å². The van der Waals surface area contributed by atoms with Crippen LogP contribution in [0.3, 0.4) is 0 Å². The molecule has 2 aromatic rings. The molecule has 0 saturated carbocycles. The molecule has 19 heavy (non-hydrogen) atoms. The zero-order valence-corrected chi connectivity index (χ0v) is 11.5. The van der Waals surface area contributed by atoms with Gasteiger partial charge < -0.3 is 15.5 Å². The number of aromatic hydroxyl groups is 1. The Morgan fingerprint density at radius 2 is 1.63 bits per heavy atom. The van der Waals surface area contributed by atoms with Crippen LogP contribution in [-0.4, -0.2) is 16.2 Å². The van der Waals surface area contributed by atoms with E-state index in [2.05, 4.69) is 21.2 Å². The molecule has 0 aliphatic heterocycles. The number of halogens is 1. The van der Waals surface area contributed by atoms with Crippen molar-refractivity contribution in [3.63, 3.8) is 0 Å². The van der Waals surface area contributed by atoms with Gasteiger partial charge in [-0.3, -0.25) is 0 Å². The van der Waals surface area contributed by atoms with E-state index in [-0.39, 0.29) is 5.75 Å². The number of rotatable bonds is 4. The van der Waals surface area contributed by atoms with E-state index in [1.54, 1.807) is 24.3 Å². The van der Waals surface area contributed by atoms with Crippen molar-refractivity contribution < 1.29 is 15.0 Å². The van der Waals surface area contributed by atoms with E-state index < -0.39 is 12.0 Å². The Bertz CT molecular complexity index is 566. The monoisotopic (exact) mass is 321 g/mol. The van der Waals surface area contributed by atoms with Crippen LogP contribution in [0, 0.1) is 0 Å². The van der Waals surface area contributed by atoms with Crippen molar-refractivity contribution in [3.05, 3.63) is 58.6 Å². The third kappa shape index (κ3) is 3.48. The summed E-state index contributed by atoms with van der Waals surface area (Å²) in [6.45, 7) is 0. The number of carbonyl (C=O) groups is 1. The maximum atomic E-state index is 11.3. The molecule has 2 rings (SSSR count). The minimum atomic E-state index is -0.978. The molecule has 0 fully saturated rings. The molecule has 0 radical (unpaired) electrons. The van der Waals surface area contributed by atoms with Crippen LogP contribution in [0.25, 0.3) is 0 Å². The van der Waals surface area contributed by atoms with E-state index in [9.17, 15) is 15.0 Å². The van der Waals surface area contributed by atoms with E-state index in [0.29, 0.717) is 11.3 Å². The molecule has 1 unspecified atom stereocenters. The summed E-state index contributed by atoms with van der Waals surface area (Å²) >= 11 is 3.32. The molecule has 0 heterocycles. The summed E-state index contributed by atoms with van der Waals surface area (Å²) in [7, 11) is 0. The molecule has 2 aromatic carbocycles. The SMILES string of the molecule is O=C(O)C(Nc1ccc(Br)cc1)c1ccc(O)cc1. The van der Waals surface area contributed by atoms with Gasteiger partial charge in [0.25, 0.3) is 0 Å². The fraction of sp³-hybridized carbons (Fsp3) is 0.0714. The molecule has 0 bridgehead atoms. The standard InChI is InChI=1S/C14H12BrNO3/c15-10-3-5-11(6-4-10)16-13(14(18)19)9-1-7-12(17)8-2-9/h1-8,13,16-17H,(H,18,19). The molecule has 98 valence electrons. The van der Waals surface area contributed by atoms with Crippen LogP contribution in [0.5, 0.6) is 5.75 Å². The molecule has 0 amide bonds. The molecule has 3 N–H and O–H groups in total. The van der Waals surface area contributed by atoms with Crippen molar-refractivity contribution in [2.75, 3.05) is 5.32 Å². The highest BCUT2D eigenvalue weighted by Crippen LogP contribution is 2.23. The van der Waals surface area contributed by atoms with E-state index in [1.165, 1.54) is 12.1 Å². The largest absolute Gasteiger partial charge is 0.508 e. The molecule has 1 atom stereocenters. The van der Waals surface area contributed by atoms with Crippen LogP contribution < -0.4 is 5.32 Å². The highest BCUT2D eigenvalue weighted by atomic mass is 79.9. The maximum absolute atomic E-state index is 11.3. The van der Waals surface area contributed by atoms with Crippen LogP contribution in [0.1, 0.15) is 11.6 Å². The second-order valence-electron chi connectivity index (χ2n) is 4.01. The van der Waals surface area contributed by atoms with Gasteiger partial charge in [0.2, 0.25) is 0 Å². The third-order valence-corrected chi connectivity index (χ3v) is 3.16. The zero-order valence-electron chi connectivity index (χ0n) is 9.88. The summed E-state index contributed by atoms with van der Waals surface area (Å²) in [4.78, 5) is 11.3. The van der Waals surface area contributed by atoms with E-state index >= 15 is 0 Å². The predicted octanol–water partition coefficient (Wildman–Crippen LogP) is 3.39. The van der Waals surface area contributed by atoms with Crippen molar-refractivity contribution in [1.29, 1.82) is 0 Å². The summed E-state index contributed by atoms with van der Waals surface area (Å²) < 4.78 is 0.926. The molecule has 4 nitrogen and oxygen atoms in total. The maximum Gasteiger partial charge on any atom is 0.330 e. The van der Waals surface area contributed by atoms with Crippen LogP contribution >= 0.6 is 15.9 Å². The number of phenolic OH excluding ortho intramolecular Hbond substituents is 1. The molecule has 0 spiro atoms. The fourth-order valence-corrected chi connectivity index (χ4v) is 1.93. The molecule has 0 saturated heterocycles. The van der Waals surface area contributed by atoms with E-state index in [0.717, 1.165) is 4.47 Å². The smallest absolute Gasteiger partial charge is 0.330 e. The molecular formula is C14H12BrNO3. The first-order valence-corrected chi connectivity index (χ1v) is 6.39. The number of hydrogen-bond acceptors (Lipinski definition) is 3. The number of hydrogen-bond donors (Lipinski definition) is 3. The van der Waals surface area contributed by atoms with Crippen molar-refractivity contribution in [2.45, 2.75) is 6.04 Å². The van der Waals surface area contributed by atoms with Gasteiger partial charge in [0.15, 0.2) is 6.04 Å². The van der Waals surface area contributed by atoms with Gasteiger partial charge in [-0.05, 0) is 42.0 Å². The topological polar surface area (TPSA) is 69.6 Å². The van der Waals surface area contributed by atoms with Crippen molar-refractivity contribution >= 4 is 27.6 Å². The first kappa shape index (κ1) is 13.4. The van der Waals surface area contributed by atoms with E-state index in [1.807, 2.05) is 12.1 Å². The van der Waals surface area contributed by atoms with Crippen molar-refractivity contribution in [2.24, 2.45) is 0 Å². The summed E-state index contributed by atoms with van der Waals surface area (Å²) in [6, 6.07) is 12.5. The number of nitrogens with one attached hydrogen (secondary N) is 1. The van der Waals surface area contributed by atoms with Crippen molar-refractivity contribution in [1.82, 2.24) is 0 Å². The van der Waals surface area contributed by atoms with Crippen LogP contribution in [0.2, 0.25) is 0 Å². The average Bonchev–Trinajstić information content (AvgIpc) is 2.39. The number of aliphatic carboxylic acids is 1.